The van der Waals surface area contributed by atoms with Gasteiger partial charge in [0.25, 0.3) is 0 Å². The highest BCUT2D eigenvalue weighted by molar-refractivity contribution is 5.30. The van der Waals surface area contributed by atoms with Crippen molar-refractivity contribution in [2.45, 2.75) is 25.1 Å². The molecule has 2 nitrogen and oxygen atoms in total. The van der Waals surface area contributed by atoms with Gasteiger partial charge >= 0.3 is 6.18 Å². The minimum Gasteiger partial charge on any atom is -0.329 e. The number of halogens is 3. The van der Waals surface area contributed by atoms with Crippen LogP contribution in [-0.2, 0) is 6.18 Å². The van der Waals surface area contributed by atoms with E-state index in [2.05, 4.69) is 0 Å². The normalized spacial score (nSPS) is 15.9. The van der Waals surface area contributed by atoms with Crippen LogP contribution in [0.1, 0.15) is 24.0 Å². The predicted octanol–water partition coefficient (Wildman–Crippen LogP) is 2.65. The molecule has 0 amide bonds. The SMILES string of the molecule is CC=C[C@@H](c1ccc(C(F)(F)F)cc1)[C@H](N)CN. The highest BCUT2D eigenvalue weighted by Crippen LogP contribution is 2.30. The topological polar surface area (TPSA) is 52.0 Å². The Bertz CT molecular complexity index is 396. The predicted molar refractivity (Wildman–Crippen MR) is 66.0 cm³/mol. The Morgan fingerprint density at radius 1 is 1.22 bits per heavy atom. The zero-order chi connectivity index (χ0) is 13.8. The molecule has 0 heterocycles. The Kier molecular flexibility index (Phi) is 4.93. The smallest absolute Gasteiger partial charge is 0.329 e. The van der Waals surface area contributed by atoms with Crippen molar-refractivity contribution in [2.24, 2.45) is 11.5 Å². The van der Waals surface area contributed by atoms with Crippen LogP contribution >= 0.6 is 0 Å². The molecule has 0 saturated heterocycles. The molecule has 2 atom stereocenters. The van der Waals surface area contributed by atoms with Crippen molar-refractivity contribution in [3.63, 3.8) is 0 Å². The molecule has 0 spiro atoms. The van der Waals surface area contributed by atoms with Gasteiger partial charge in [0, 0.05) is 18.5 Å². The van der Waals surface area contributed by atoms with Gasteiger partial charge in [0.1, 0.15) is 0 Å². The number of alkyl halides is 3. The van der Waals surface area contributed by atoms with Crippen LogP contribution in [0.4, 0.5) is 13.2 Å². The highest BCUT2D eigenvalue weighted by atomic mass is 19.4. The standard InChI is InChI=1S/C13H17F3N2/c1-2-3-11(12(18)8-17)9-4-6-10(7-5-9)13(14,15)16/h2-7,11-12H,8,17-18H2,1H3/t11-,12+/m0/s1. The van der Waals surface area contributed by atoms with Crippen molar-refractivity contribution in [3.05, 3.63) is 47.5 Å². The second-order valence-corrected chi connectivity index (χ2v) is 4.07. The van der Waals surface area contributed by atoms with Gasteiger partial charge in [-0.3, -0.25) is 0 Å². The van der Waals surface area contributed by atoms with E-state index in [1.165, 1.54) is 12.1 Å². The summed E-state index contributed by atoms with van der Waals surface area (Å²) >= 11 is 0. The Hall–Kier alpha value is -1.33. The molecule has 0 unspecified atom stereocenters. The average molecular weight is 258 g/mol. The number of hydrogen-bond donors (Lipinski definition) is 2. The van der Waals surface area contributed by atoms with Crippen molar-refractivity contribution < 1.29 is 13.2 Å². The van der Waals surface area contributed by atoms with E-state index in [4.69, 9.17) is 11.5 Å². The van der Waals surface area contributed by atoms with Gasteiger partial charge in [0.15, 0.2) is 0 Å². The van der Waals surface area contributed by atoms with E-state index in [1.807, 2.05) is 19.1 Å². The van der Waals surface area contributed by atoms with Crippen LogP contribution in [0.15, 0.2) is 36.4 Å². The number of allylic oxidation sites excluding steroid dienone is 1. The van der Waals surface area contributed by atoms with Crippen LogP contribution < -0.4 is 11.5 Å². The molecule has 5 heteroatoms. The molecule has 4 N–H and O–H groups in total. The quantitative estimate of drug-likeness (QED) is 0.816. The number of hydrogen-bond acceptors (Lipinski definition) is 2. The second-order valence-electron chi connectivity index (χ2n) is 4.07. The second kappa shape index (κ2) is 6.02. The van der Waals surface area contributed by atoms with Gasteiger partial charge in [0.05, 0.1) is 5.56 Å². The minimum atomic E-state index is -4.31. The molecule has 1 rings (SSSR count). The lowest BCUT2D eigenvalue weighted by molar-refractivity contribution is -0.137. The summed E-state index contributed by atoms with van der Waals surface area (Å²) in [4.78, 5) is 0. The van der Waals surface area contributed by atoms with E-state index in [9.17, 15) is 13.2 Å². The first kappa shape index (κ1) is 14.7. The fourth-order valence-corrected chi connectivity index (χ4v) is 1.75. The maximum Gasteiger partial charge on any atom is 0.416 e. The summed E-state index contributed by atoms with van der Waals surface area (Å²) in [5.74, 6) is -0.165. The zero-order valence-electron chi connectivity index (χ0n) is 10.1. The van der Waals surface area contributed by atoms with Crippen LogP contribution in [0.2, 0.25) is 0 Å². The Balaban J connectivity index is 3.01. The van der Waals surface area contributed by atoms with Gasteiger partial charge < -0.3 is 11.5 Å². The number of nitrogens with two attached hydrogens (primary N) is 2. The third-order valence-electron chi connectivity index (χ3n) is 2.76. The molecule has 0 saturated carbocycles. The minimum absolute atomic E-state index is 0.165. The molecule has 0 radical (unpaired) electrons. The van der Waals surface area contributed by atoms with Crippen molar-refractivity contribution in [1.82, 2.24) is 0 Å². The Morgan fingerprint density at radius 3 is 2.17 bits per heavy atom. The molecule has 18 heavy (non-hydrogen) atoms. The molecule has 0 aliphatic heterocycles. The van der Waals surface area contributed by atoms with Gasteiger partial charge in [-0.1, -0.05) is 24.3 Å². The van der Waals surface area contributed by atoms with Crippen molar-refractivity contribution in [1.29, 1.82) is 0 Å². The lowest BCUT2D eigenvalue weighted by Crippen LogP contribution is -2.35. The van der Waals surface area contributed by atoms with E-state index in [-0.39, 0.29) is 18.5 Å². The van der Waals surface area contributed by atoms with Gasteiger partial charge in [-0.05, 0) is 24.6 Å². The lowest BCUT2D eigenvalue weighted by Gasteiger charge is -2.20. The van der Waals surface area contributed by atoms with E-state index >= 15 is 0 Å². The van der Waals surface area contributed by atoms with Crippen molar-refractivity contribution in [3.8, 4) is 0 Å². The third kappa shape index (κ3) is 3.58. The van der Waals surface area contributed by atoms with Crippen LogP contribution in [0.25, 0.3) is 0 Å². The van der Waals surface area contributed by atoms with E-state index < -0.39 is 11.7 Å². The fraction of sp³-hybridized carbons (Fsp3) is 0.385. The summed E-state index contributed by atoms with van der Waals surface area (Å²) < 4.78 is 37.3. The molecule has 0 aliphatic rings. The summed E-state index contributed by atoms with van der Waals surface area (Å²) in [5.41, 5.74) is 11.4. The lowest BCUT2D eigenvalue weighted by atomic mass is 9.91. The first-order chi connectivity index (χ1) is 8.40. The fourth-order valence-electron chi connectivity index (χ4n) is 1.75. The van der Waals surface area contributed by atoms with E-state index in [0.29, 0.717) is 0 Å². The van der Waals surface area contributed by atoms with Gasteiger partial charge in [0.2, 0.25) is 0 Å². The molecule has 0 aromatic heterocycles. The Morgan fingerprint density at radius 2 is 1.78 bits per heavy atom. The molecular formula is C13H17F3N2. The van der Waals surface area contributed by atoms with E-state index in [1.54, 1.807) is 0 Å². The first-order valence-electron chi connectivity index (χ1n) is 5.65. The van der Waals surface area contributed by atoms with Crippen molar-refractivity contribution >= 4 is 0 Å². The molecule has 0 aliphatic carbocycles. The number of rotatable bonds is 4. The van der Waals surface area contributed by atoms with Crippen LogP contribution in [0.5, 0.6) is 0 Å². The first-order valence-corrected chi connectivity index (χ1v) is 5.65. The maximum atomic E-state index is 12.4. The Labute approximate surface area is 104 Å². The van der Waals surface area contributed by atoms with E-state index in [0.717, 1.165) is 17.7 Å². The van der Waals surface area contributed by atoms with Crippen LogP contribution in [0.3, 0.4) is 0 Å². The molecule has 100 valence electrons. The van der Waals surface area contributed by atoms with Gasteiger partial charge in [-0.25, -0.2) is 0 Å². The molecular weight excluding hydrogens is 241 g/mol. The number of benzene rings is 1. The van der Waals surface area contributed by atoms with Crippen LogP contribution in [0, 0.1) is 0 Å². The van der Waals surface area contributed by atoms with Crippen LogP contribution in [-0.4, -0.2) is 12.6 Å². The average Bonchev–Trinajstić information content (AvgIpc) is 2.34. The zero-order valence-corrected chi connectivity index (χ0v) is 10.1. The summed E-state index contributed by atoms with van der Waals surface area (Å²) in [6.07, 6.45) is -0.650. The van der Waals surface area contributed by atoms with Crippen molar-refractivity contribution in [2.75, 3.05) is 6.54 Å². The summed E-state index contributed by atoms with van der Waals surface area (Å²) in [6.45, 7) is 2.11. The molecule has 1 aromatic carbocycles. The summed E-state index contributed by atoms with van der Waals surface area (Å²) in [5, 5.41) is 0. The summed E-state index contributed by atoms with van der Waals surface area (Å²) in [6, 6.07) is 4.72. The summed E-state index contributed by atoms with van der Waals surface area (Å²) in [7, 11) is 0. The highest BCUT2D eigenvalue weighted by Gasteiger charge is 2.30. The largest absolute Gasteiger partial charge is 0.416 e. The molecule has 1 aromatic rings. The monoisotopic (exact) mass is 258 g/mol. The maximum absolute atomic E-state index is 12.4. The molecule has 0 bridgehead atoms. The third-order valence-corrected chi connectivity index (χ3v) is 2.76. The van der Waals surface area contributed by atoms with Gasteiger partial charge in [-0.15, -0.1) is 0 Å². The molecule has 0 fully saturated rings. The van der Waals surface area contributed by atoms with Gasteiger partial charge in [-0.2, -0.15) is 13.2 Å².